The third kappa shape index (κ3) is 4.44. The number of benzene rings is 2. The van der Waals surface area contributed by atoms with Crippen molar-refractivity contribution >= 4 is 21.9 Å². The van der Waals surface area contributed by atoms with Gasteiger partial charge in [-0.2, -0.15) is 4.31 Å². The summed E-state index contributed by atoms with van der Waals surface area (Å²) in [6.07, 6.45) is 2.73. The Morgan fingerprint density at radius 1 is 0.920 bits per heavy atom. The van der Waals surface area contributed by atoms with E-state index >= 15 is 0 Å². The Hall–Kier alpha value is -2.24. The first-order chi connectivity index (χ1) is 12.1. The fraction of sp³-hybridized carbons (Fsp3) is 0.250. The van der Waals surface area contributed by atoms with Crippen LogP contribution in [-0.4, -0.2) is 31.6 Å². The Kier molecular flexibility index (Phi) is 5.46. The number of carbonyl (C=O) groups is 1. The average Bonchev–Trinajstić information content (AvgIpc) is 2.67. The van der Waals surface area contributed by atoms with Crippen molar-refractivity contribution in [3.63, 3.8) is 0 Å². The average molecular weight is 355 g/mol. The smallest absolute Gasteiger partial charge is 0.236 e. The number of Topliss-reactive ketones (excluding diaryl/α,β-unsaturated/α-hetero) is 1. The fourth-order valence-corrected chi connectivity index (χ4v) is 4.25. The molecule has 0 aliphatic carbocycles. The summed E-state index contributed by atoms with van der Waals surface area (Å²) < 4.78 is 26.4. The second kappa shape index (κ2) is 7.76. The number of piperidine rings is 1. The van der Waals surface area contributed by atoms with E-state index in [1.165, 1.54) is 9.71 Å². The lowest BCUT2D eigenvalue weighted by atomic mass is 9.90. The molecule has 0 atom stereocenters. The minimum Gasteiger partial charge on any atom is -0.294 e. The van der Waals surface area contributed by atoms with Gasteiger partial charge in [0.15, 0.2) is 5.78 Å². The highest BCUT2D eigenvalue weighted by Crippen LogP contribution is 2.24. The molecular formula is C20H21NO3S. The van der Waals surface area contributed by atoms with Crippen LogP contribution in [0.1, 0.15) is 28.8 Å². The van der Waals surface area contributed by atoms with Gasteiger partial charge in [-0.3, -0.25) is 4.79 Å². The Morgan fingerprint density at radius 3 is 2.08 bits per heavy atom. The molecule has 3 rings (SSSR count). The van der Waals surface area contributed by atoms with E-state index < -0.39 is 10.0 Å². The Labute approximate surface area is 148 Å². The predicted octanol–water partition coefficient (Wildman–Crippen LogP) is 3.58. The van der Waals surface area contributed by atoms with Crippen LogP contribution in [-0.2, 0) is 10.0 Å². The first kappa shape index (κ1) is 17.6. The van der Waals surface area contributed by atoms with Crippen LogP contribution in [0.3, 0.4) is 0 Å². The van der Waals surface area contributed by atoms with Gasteiger partial charge in [-0.25, -0.2) is 8.42 Å². The van der Waals surface area contributed by atoms with Gasteiger partial charge in [-0.15, -0.1) is 0 Å². The lowest BCUT2D eigenvalue weighted by molar-refractivity contribution is 0.0875. The molecule has 0 bridgehead atoms. The van der Waals surface area contributed by atoms with Gasteiger partial charge in [-0.1, -0.05) is 60.7 Å². The highest BCUT2D eigenvalue weighted by atomic mass is 32.2. The number of ketones is 1. The topological polar surface area (TPSA) is 54.5 Å². The second-order valence-corrected chi connectivity index (χ2v) is 7.98. The second-order valence-electron chi connectivity index (χ2n) is 6.16. The SMILES string of the molecule is O=C(c1ccccc1)C1CCN(S(=O)(=O)/C=C/c2ccccc2)CC1. The van der Waals surface area contributed by atoms with Crippen LogP contribution in [0.5, 0.6) is 0 Å². The zero-order valence-corrected chi connectivity index (χ0v) is 14.7. The van der Waals surface area contributed by atoms with E-state index in [0.717, 1.165) is 5.56 Å². The lowest BCUT2D eigenvalue weighted by Gasteiger charge is -2.29. The van der Waals surface area contributed by atoms with Gasteiger partial charge in [0.2, 0.25) is 10.0 Å². The van der Waals surface area contributed by atoms with Gasteiger partial charge in [0, 0.05) is 30.0 Å². The van der Waals surface area contributed by atoms with Crippen molar-refractivity contribution in [1.29, 1.82) is 0 Å². The van der Waals surface area contributed by atoms with Gasteiger partial charge in [0.1, 0.15) is 0 Å². The standard InChI is InChI=1S/C20H21NO3S/c22-20(18-9-5-2-6-10-18)19-11-14-21(15-12-19)25(23,24)16-13-17-7-3-1-4-8-17/h1-10,13,16,19H,11-12,14-15H2/b16-13+. The van der Waals surface area contributed by atoms with E-state index in [9.17, 15) is 13.2 Å². The number of carbonyl (C=O) groups excluding carboxylic acids is 1. The van der Waals surface area contributed by atoms with Gasteiger partial charge in [0.05, 0.1) is 0 Å². The molecule has 0 amide bonds. The number of hydrogen-bond acceptors (Lipinski definition) is 3. The van der Waals surface area contributed by atoms with Crippen molar-refractivity contribution in [2.75, 3.05) is 13.1 Å². The largest absolute Gasteiger partial charge is 0.294 e. The van der Waals surface area contributed by atoms with E-state index in [1.54, 1.807) is 6.08 Å². The Balaban J connectivity index is 1.61. The van der Waals surface area contributed by atoms with Crippen LogP contribution in [0.4, 0.5) is 0 Å². The molecule has 1 saturated heterocycles. The molecule has 130 valence electrons. The highest BCUT2D eigenvalue weighted by molar-refractivity contribution is 7.92. The van der Waals surface area contributed by atoms with E-state index in [-0.39, 0.29) is 11.7 Å². The van der Waals surface area contributed by atoms with Crippen molar-refractivity contribution < 1.29 is 13.2 Å². The first-order valence-corrected chi connectivity index (χ1v) is 9.89. The number of hydrogen-bond donors (Lipinski definition) is 0. The van der Waals surface area contributed by atoms with Crippen LogP contribution in [0.25, 0.3) is 6.08 Å². The van der Waals surface area contributed by atoms with Crippen LogP contribution >= 0.6 is 0 Å². The maximum atomic E-state index is 12.5. The molecule has 1 fully saturated rings. The van der Waals surface area contributed by atoms with Crippen molar-refractivity contribution in [2.45, 2.75) is 12.8 Å². The molecular weight excluding hydrogens is 334 g/mol. The summed E-state index contributed by atoms with van der Waals surface area (Å²) in [7, 11) is -3.45. The number of sulfonamides is 1. The maximum absolute atomic E-state index is 12.5. The summed E-state index contributed by atoms with van der Waals surface area (Å²) in [4.78, 5) is 12.5. The molecule has 2 aromatic rings. The third-order valence-electron chi connectivity index (χ3n) is 4.47. The molecule has 0 saturated carbocycles. The molecule has 0 radical (unpaired) electrons. The van der Waals surface area contributed by atoms with E-state index in [4.69, 9.17) is 0 Å². The molecule has 1 aliphatic rings. The minimum atomic E-state index is -3.45. The molecule has 0 spiro atoms. The van der Waals surface area contributed by atoms with Crippen molar-refractivity contribution in [2.24, 2.45) is 5.92 Å². The van der Waals surface area contributed by atoms with Gasteiger partial charge in [-0.05, 0) is 24.5 Å². The zero-order chi connectivity index (χ0) is 17.7. The molecule has 25 heavy (non-hydrogen) atoms. The summed E-state index contributed by atoms with van der Waals surface area (Å²) in [5, 5.41) is 1.25. The molecule has 1 aliphatic heterocycles. The predicted molar refractivity (Wildman–Crippen MR) is 99.5 cm³/mol. The first-order valence-electron chi connectivity index (χ1n) is 8.39. The summed E-state index contributed by atoms with van der Waals surface area (Å²) in [5.41, 5.74) is 1.55. The van der Waals surface area contributed by atoms with Crippen LogP contribution in [0, 0.1) is 5.92 Å². The Morgan fingerprint density at radius 2 is 1.48 bits per heavy atom. The normalized spacial score (nSPS) is 17.0. The molecule has 0 N–H and O–H groups in total. The van der Waals surface area contributed by atoms with Gasteiger partial charge in [0.25, 0.3) is 0 Å². The number of rotatable bonds is 5. The molecule has 2 aromatic carbocycles. The number of nitrogens with zero attached hydrogens (tertiary/aromatic N) is 1. The van der Waals surface area contributed by atoms with Crippen LogP contribution < -0.4 is 0 Å². The van der Waals surface area contributed by atoms with Crippen LogP contribution in [0.15, 0.2) is 66.1 Å². The zero-order valence-electron chi connectivity index (χ0n) is 13.9. The maximum Gasteiger partial charge on any atom is 0.236 e. The monoisotopic (exact) mass is 355 g/mol. The summed E-state index contributed by atoms with van der Waals surface area (Å²) in [6, 6.07) is 18.5. The molecule has 0 unspecified atom stereocenters. The summed E-state index contributed by atoms with van der Waals surface area (Å²) >= 11 is 0. The Bertz CT molecular complexity index is 837. The molecule has 4 nitrogen and oxygen atoms in total. The third-order valence-corrected chi connectivity index (χ3v) is 6.04. The van der Waals surface area contributed by atoms with E-state index in [0.29, 0.717) is 31.5 Å². The highest BCUT2D eigenvalue weighted by Gasteiger charge is 2.30. The molecule has 5 heteroatoms. The summed E-state index contributed by atoms with van der Waals surface area (Å²) in [6.45, 7) is 0.759. The summed E-state index contributed by atoms with van der Waals surface area (Å²) in [5.74, 6) is 0.00410. The van der Waals surface area contributed by atoms with Crippen molar-refractivity contribution in [3.05, 3.63) is 77.2 Å². The minimum absolute atomic E-state index is 0.105. The van der Waals surface area contributed by atoms with Crippen LogP contribution in [0.2, 0.25) is 0 Å². The lowest BCUT2D eigenvalue weighted by Crippen LogP contribution is -2.39. The van der Waals surface area contributed by atoms with Crippen molar-refractivity contribution in [1.82, 2.24) is 4.31 Å². The van der Waals surface area contributed by atoms with E-state index in [2.05, 4.69) is 0 Å². The van der Waals surface area contributed by atoms with Gasteiger partial charge >= 0.3 is 0 Å². The van der Waals surface area contributed by atoms with E-state index in [1.807, 2.05) is 60.7 Å². The fourth-order valence-electron chi connectivity index (χ4n) is 3.03. The molecule has 1 heterocycles. The van der Waals surface area contributed by atoms with Gasteiger partial charge < -0.3 is 0 Å². The molecule has 0 aromatic heterocycles. The van der Waals surface area contributed by atoms with Crippen molar-refractivity contribution in [3.8, 4) is 0 Å². The quantitative estimate of drug-likeness (QED) is 0.770.